The fourth-order valence-electron chi connectivity index (χ4n) is 4.28. The Morgan fingerprint density at radius 1 is 1.19 bits per heavy atom. The van der Waals surface area contributed by atoms with Crippen molar-refractivity contribution < 1.29 is 23.5 Å². The number of urea groups is 1. The number of halogens is 1. The van der Waals surface area contributed by atoms with E-state index in [4.69, 9.17) is 9.47 Å². The second-order valence-corrected chi connectivity index (χ2v) is 10.2. The number of nitrogens with one attached hydrogen (secondary N) is 3. The molecular formula is C27H34FN5O4. The van der Waals surface area contributed by atoms with Gasteiger partial charge in [0, 0.05) is 6.54 Å². The second-order valence-electron chi connectivity index (χ2n) is 10.2. The summed E-state index contributed by atoms with van der Waals surface area (Å²) >= 11 is 0. The molecule has 1 aromatic heterocycles. The summed E-state index contributed by atoms with van der Waals surface area (Å²) in [6.45, 7) is 5.44. The molecule has 2 aromatic carbocycles. The summed E-state index contributed by atoms with van der Waals surface area (Å²) in [5.41, 5.74) is 1.96. The zero-order valence-electron chi connectivity index (χ0n) is 21.6. The quantitative estimate of drug-likeness (QED) is 0.452. The maximum atomic E-state index is 14.9. The van der Waals surface area contributed by atoms with Gasteiger partial charge in [0.1, 0.15) is 23.3 Å². The van der Waals surface area contributed by atoms with E-state index in [9.17, 15) is 14.0 Å². The fraction of sp³-hybridized carbons (Fsp3) is 0.444. The Morgan fingerprint density at radius 3 is 2.57 bits per heavy atom. The van der Waals surface area contributed by atoms with Crippen LogP contribution in [0.2, 0.25) is 0 Å². The normalized spacial score (nSPS) is 18.8. The molecule has 0 spiro atoms. The number of likely N-dealkylation sites (tertiary alicyclic amines) is 1. The maximum Gasteiger partial charge on any atom is 0.410 e. The number of H-pyrrole nitrogens is 1. The minimum Gasteiger partial charge on any atom is -0.497 e. The second kappa shape index (κ2) is 11.1. The van der Waals surface area contributed by atoms with Crippen LogP contribution in [0.1, 0.15) is 44.6 Å². The van der Waals surface area contributed by atoms with E-state index in [1.807, 2.05) is 48.5 Å². The summed E-state index contributed by atoms with van der Waals surface area (Å²) in [5.74, 6) is 1.34. The highest BCUT2D eigenvalue weighted by molar-refractivity contribution is 5.77. The number of hydrogen-bond acceptors (Lipinski definition) is 5. The van der Waals surface area contributed by atoms with Crippen LogP contribution in [0.15, 0.2) is 48.5 Å². The monoisotopic (exact) mass is 511 g/mol. The van der Waals surface area contributed by atoms with Crippen LogP contribution in [0.25, 0.3) is 11.0 Å². The SMILES string of the molecule is COc1ccc(C[C@@H](NC(=O)N[C@@H]2CCN(C(=O)OC(C)(C)C)C[C@@H]2F)c2nc3ccccc3[nH]2)cc1. The van der Waals surface area contributed by atoms with Gasteiger partial charge >= 0.3 is 12.1 Å². The molecule has 37 heavy (non-hydrogen) atoms. The molecule has 2 heterocycles. The Morgan fingerprint density at radius 2 is 1.92 bits per heavy atom. The van der Waals surface area contributed by atoms with E-state index in [1.54, 1.807) is 27.9 Å². The number of carbonyl (C=O) groups excluding carboxylic acids is 2. The molecule has 10 heteroatoms. The summed E-state index contributed by atoms with van der Waals surface area (Å²) in [4.78, 5) is 34.6. The van der Waals surface area contributed by atoms with E-state index in [1.165, 1.54) is 4.90 Å². The molecule has 198 valence electrons. The van der Waals surface area contributed by atoms with Gasteiger partial charge in [-0.1, -0.05) is 24.3 Å². The standard InChI is InChI=1S/C27H34FN5O4/c1-27(2,3)37-26(35)33-14-13-20(19(28)16-33)31-25(34)32-23(15-17-9-11-18(36-4)12-10-17)24-29-21-7-5-6-8-22(21)30-24/h5-12,19-20,23H,13-16H2,1-4H3,(H,29,30)(H2,31,32,34)/t19-,20+,23+/m0/s1. The van der Waals surface area contributed by atoms with Crippen molar-refractivity contribution in [3.05, 3.63) is 59.9 Å². The molecule has 1 fully saturated rings. The lowest BCUT2D eigenvalue weighted by Crippen LogP contribution is -2.56. The topological polar surface area (TPSA) is 109 Å². The van der Waals surface area contributed by atoms with Gasteiger partial charge in [-0.05, 0) is 63.4 Å². The molecule has 3 amide bonds. The van der Waals surface area contributed by atoms with E-state index >= 15 is 0 Å². The van der Waals surface area contributed by atoms with Gasteiger partial charge in [0.05, 0.1) is 36.8 Å². The van der Waals surface area contributed by atoms with Crippen molar-refractivity contribution >= 4 is 23.2 Å². The molecule has 9 nitrogen and oxygen atoms in total. The molecule has 1 aliphatic rings. The lowest BCUT2D eigenvalue weighted by Gasteiger charge is -2.36. The van der Waals surface area contributed by atoms with Gasteiger partial charge in [-0.2, -0.15) is 0 Å². The Hall–Kier alpha value is -3.82. The van der Waals surface area contributed by atoms with Crippen LogP contribution in [0, 0.1) is 0 Å². The number of methoxy groups -OCH3 is 1. The van der Waals surface area contributed by atoms with Crippen LogP contribution in [0.5, 0.6) is 5.75 Å². The van der Waals surface area contributed by atoms with E-state index in [0.717, 1.165) is 22.3 Å². The number of fused-ring (bicyclic) bond motifs is 1. The zero-order chi connectivity index (χ0) is 26.6. The van der Waals surface area contributed by atoms with Crippen LogP contribution in [-0.2, 0) is 11.2 Å². The van der Waals surface area contributed by atoms with Crippen LogP contribution >= 0.6 is 0 Å². The highest BCUT2D eigenvalue weighted by atomic mass is 19.1. The summed E-state index contributed by atoms with van der Waals surface area (Å²) in [6, 6.07) is 13.5. The minimum absolute atomic E-state index is 0.140. The third-order valence-electron chi connectivity index (χ3n) is 6.15. The molecule has 3 N–H and O–H groups in total. The third kappa shape index (κ3) is 6.90. The van der Waals surface area contributed by atoms with Crippen molar-refractivity contribution in [1.29, 1.82) is 0 Å². The number of carbonyl (C=O) groups is 2. The molecule has 4 rings (SSSR count). The number of nitrogens with zero attached hydrogens (tertiary/aromatic N) is 2. The number of alkyl halides is 1. The van der Waals surface area contributed by atoms with Gasteiger partial charge in [-0.15, -0.1) is 0 Å². The van der Waals surface area contributed by atoms with E-state index in [-0.39, 0.29) is 13.0 Å². The van der Waals surface area contributed by atoms with E-state index < -0.39 is 36.0 Å². The molecule has 0 unspecified atom stereocenters. The van der Waals surface area contributed by atoms with Crippen molar-refractivity contribution in [2.24, 2.45) is 0 Å². The van der Waals surface area contributed by atoms with Gasteiger partial charge in [-0.25, -0.2) is 19.0 Å². The first-order chi connectivity index (χ1) is 17.6. The number of ether oxygens (including phenoxy) is 2. The number of piperidine rings is 1. The summed E-state index contributed by atoms with van der Waals surface area (Å²) < 4.78 is 25.5. The number of benzene rings is 2. The summed E-state index contributed by atoms with van der Waals surface area (Å²) in [5, 5.41) is 5.71. The molecule has 1 aliphatic heterocycles. The highest BCUT2D eigenvalue weighted by Gasteiger charge is 2.35. The lowest BCUT2D eigenvalue weighted by atomic mass is 10.0. The molecule has 1 saturated heterocycles. The predicted octanol–water partition coefficient (Wildman–Crippen LogP) is 4.50. The number of imidazole rings is 1. The van der Waals surface area contributed by atoms with Crippen molar-refractivity contribution in [2.75, 3.05) is 20.2 Å². The van der Waals surface area contributed by atoms with Gasteiger partial charge in [0.25, 0.3) is 0 Å². The number of rotatable bonds is 6. The molecule has 0 radical (unpaired) electrons. The van der Waals surface area contributed by atoms with Crippen LogP contribution in [0.3, 0.4) is 0 Å². The number of amides is 3. The fourth-order valence-corrected chi connectivity index (χ4v) is 4.28. The molecule has 3 aromatic rings. The van der Waals surface area contributed by atoms with Crippen molar-refractivity contribution in [3.8, 4) is 5.75 Å². The molecule has 3 atom stereocenters. The molecule has 0 aliphatic carbocycles. The summed E-state index contributed by atoms with van der Waals surface area (Å²) in [6.07, 6.45) is -1.23. The van der Waals surface area contributed by atoms with Gasteiger partial charge < -0.3 is 30.0 Å². The first kappa shape index (κ1) is 26.2. The van der Waals surface area contributed by atoms with Gasteiger partial charge in [0.15, 0.2) is 0 Å². The number of aromatic amines is 1. The average molecular weight is 512 g/mol. The first-order valence-corrected chi connectivity index (χ1v) is 12.4. The van der Waals surface area contributed by atoms with Crippen LogP contribution in [0.4, 0.5) is 14.0 Å². The predicted molar refractivity (Wildman–Crippen MR) is 138 cm³/mol. The Balaban J connectivity index is 1.43. The Labute approximate surface area is 215 Å². The largest absolute Gasteiger partial charge is 0.497 e. The van der Waals surface area contributed by atoms with Gasteiger partial charge in [-0.3, -0.25) is 0 Å². The molecule has 0 bridgehead atoms. The third-order valence-corrected chi connectivity index (χ3v) is 6.15. The minimum atomic E-state index is -1.42. The van der Waals surface area contributed by atoms with E-state index in [2.05, 4.69) is 20.6 Å². The van der Waals surface area contributed by atoms with Gasteiger partial charge in [0.2, 0.25) is 0 Å². The average Bonchev–Trinajstić information content (AvgIpc) is 3.28. The number of hydrogen-bond donors (Lipinski definition) is 3. The molecular weight excluding hydrogens is 477 g/mol. The summed E-state index contributed by atoms with van der Waals surface area (Å²) in [7, 11) is 1.61. The Kier molecular flexibility index (Phi) is 7.85. The van der Waals surface area contributed by atoms with Crippen molar-refractivity contribution in [3.63, 3.8) is 0 Å². The van der Waals surface area contributed by atoms with Crippen LogP contribution < -0.4 is 15.4 Å². The first-order valence-electron chi connectivity index (χ1n) is 12.4. The maximum absolute atomic E-state index is 14.9. The van der Waals surface area contributed by atoms with E-state index in [0.29, 0.717) is 18.8 Å². The smallest absolute Gasteiger partial charge is 0.410 e. The highest BCUT2D eigenvalue weighted by Crippen LogP contribution is 2.22. The lowest BCUT2D eigenvalue weighted by molar-refractivity contribution is 0.0102. The number of para-hydroxylation sites is 2. The van der Waals surface area contributed by atoms with Crippen molar-refractivity contribution in [2.45, 2.75) is 57.5 Å². The molecule has 0 saturated carbocycles. The number of aromatic nitrogens is 2. The van der Waals surface area contributed by atoms with Crippen molar-refractivity contribution in [1.82, 2.24) is 25.5 Å². The van der Waals surface area contributed by atoms with Crippen LogP contribution in [-0.4, -0.2) is 65.0 Å². The zero-order valence-corrected chi connectivity index (χ0v) is 21.6. The Bertz CT molecular complexity index is 1190.